The first-order valence-electron chi connectivity index (χ1n) is 11.5. The van der Waals surface area contributed by atoms with Crippen LogP contribution in [0.15, 0.2) is 66.4 Å². The average Bonchev–Trinajstić information content (AvgIpc) is 3.23. The summed E-state index contributed by atoms with van der Waals surface area (Å²) >= 11 is 1.76. The highest BCUT2D eigenvalue weighted by atomic mass is 32.1. The van der Waals surface area contributed by atoms with Crippen molar-refractivity contribution < 1.29 is 0 Å². The number of hydrogen-bond acceptors (Lipinski definition) is 4. The average molecular weight is 452 g/mol. The Balaban J connectivity index is 1.64. The molecule has 0 unspecified atom stereocenters. The fourth-order valence-electron chi connectivity index (χ4n) is 4.51. The van der Waals surface area contributed by atoms with Gasteiger partial charge in [0, 0.05) is 22.7 Å². The molecule has 0 saturated heterocycles. The lowest BCUT2D eigenvalue weighted by atomic mass is 9.82. The molecule has 0 radical (unpaired) electrons. The van der Waals surface area contributed by atoms with Crippen LogP contribution in [0.3, 0.4) is 0 Å². The van der Waals surface area contributed by atoms with E-state index >= 15 is 0 Å². The van der Waals surface area contributed by atoms with Crippen LogP contribution in [0.4, 0.5) is 0 Å². The number of hydrogen-bond donors (Lipinski definition) is 0. The Bertz CT molecular complexity index is 1460. The molecule has 0 saturated carbocycles. The van der Waals surface area contributed by atoms with Crippen molar-refractivity contribution in [2.45, 2.75) is 46.5 Å². The lowest BCUT2D eigenvalue weighted by molar-refractivity contribution is 0.596. The van der Waals surface area contributed by atoms with Gasteiger partial charge in [-0.15, -0.1) is 11.3 Å². The van der Waals surface area contributed by atoms with Gasteiger partial charge in [-0.3, -0.25) is 4.98 Å². The van der Waals surface area contributed by atoms with E-state index in [0.717, 1.165) is 34.5 Å². The summed E-state index contributed by atoms with van der Waals surface area (Å²) in [5.74, 6) is 0.608. The number of thiophene rings is 1. The Hall–Kier alpha value is -3.11. The fraction of sp³-hybridized carbons (Fsp3) is 0.276. The van der Waals surface area contributed by atoms with Crippen molar-refractivity contribution >= 4 is 32.3 Å². The lowest BCUT2D eigenvalue weighted by Crippen LogP contribution is -2.12. The van der Waals surface area contributed by atoms with E-state index in [-0.39, 0.29) is 5.41 Å². The highest BCUT2D eigenvalue weighted by Crippen LogP contribution is 2.37. The van der Waals surface area contributed by atoms with Crippen LogP contribution in [0.25, 0.3) is 43.5 Å². The van der Waals surface area contributed by atoms with Crippen LogP contribution in [0.5, 0.6) is 0 Å². The van der Waals surface area contributed by atoms with E-state index in [1.165, 1.54) is 26.6 Å². The molecule has 3 aromatic heterocycles. The smallest absolute Gasteiger partial charge is 0.116 e. The lowest BCUT2D eigenvalue weighted by Gasteiger charge is -2.22. The molecule has 0 bridgehead atoms. The van der Waals surface area contributed by atoms with Gasteiger partial charge < -0.3 is 0 Å². The standard InChI is InChI=1S/C29H29N3S/c1-18(2)12-20-10-11-30-27-23(16-33-28(20)27)26-15-25(31-17-32-26)21-13-19-8-6-7-9-22(19)24(14-21)29(3,4)5/h6-11,13-18H,12H2,1-5H3. The summed E-state index contributed by atoms with van der Waals surface area (Å²) in [6.45, 7) is 11.3. The molecule has 3 heterocycles. The van der Waals surface area contributed by atoms with E-state index in [4.69, 9.17) is 4.98 Å². The van der Waals surface area contributed by atoms with Gasteiger partial charge in [-0.05, 0) is 63.9 Å². The Morgan fingerprint density at radius 3 is 2.48 bits per heavy atom. The topological polar surface area (TPSA) is 38.7 Å². The van der Waals surface area contributed by atoms with Gasteiger partial charge in [0.15, 0.2) is 0 Å². The minimum Gasteiger partial charge on any atom is -0.255 e. The summed E-state index contributed by atoms with van der Waals surface area (Å²) in [5.41, 5.74) is 7.83. The molecule has 4 heteroatoms. The molecule has 0 atom stereocenters. The van der Waals surface area contributed by atoms with Gasteiger partial charge in [-0.25, -0.2) is 9.97 Å². The second-order valence-corrected chi connectivity index (χ2v) is 11.1. The molecule has 0 aliphatic carbocycles. The second kappa shape index (κ2) is 8.35. The van der Waals surface area contributed by atoms with Crippen LogP contribution in [0, 0.1) is 5.92 Å². The van der Waals surface area contributed by atoms with Crippen LogP contribution in [-0.4, -0.2) is 15.0 Å². The van der Waals surface area contributed by atoms with E-state index in [1.54, 1.807) is 17.7 Å². The molecule has 0 fully saturated rings. The Labute approximate surface area is 199 Å². The summed E-state index contributed by atoms with van der Waals surface area (Å²) in [5, 5.41) is 4.73. The van der Waals surface area contributed by atoms with Crippen LogP contribution in [0.2, 0.25) is 0 Å². The maximum atomic E-state index is 4.73. The number of pyridine rings is 1. The van der Waals surface area contributed by atoms with Crippen molar-refractivity contribution in [3.05, 3.63) is 77.6 Å². The van der Waals surface area contributed by atoms with Crippen molar-refractivity contribution in [1.29, 1.82) is 0 Å². The predicted molar refractivity (Wildman–Crippen MR) is 141 cm³/mol. The van der Waals surface area contributed by atoms with Crippen molar-refractivity contribution in [2.75, 3.05) is 0 Å². The molecule has 166 valence electrons. The Kier molecular flexibility index (Phi) is 5.49. The number of rotatable bonds is 4. The van der Waals surface area contributed by atoms with Gasteiger partial charge in [0.1, 0.15) is 6.33 Å². The van der Waals surface area contributed by atoms with Crippen molar-refractivity contribution in [2.24, 2.45) is 5.92 Å². The molecule has 0 amide bonds. The van der Waals surface area contributed by atoms with Gasteiger partial charge in [0.05, 0.1) is 21.6 Å². The van der Waals surface area contributed by atoms with Gasteiger partial charge in [-0.2, -0.15) is 0 Å². The Morgan fingerprint density at radius 2 is 1.70 bits per heavy atom. The van der Waals surface area contributed by atoms with E-state index in [1.807, 2.05) is 6.20 Å². The minimum atomic E-state index is 0.0335. The van der Waals surface area contributed by atoms with Crippen LogP contribution >= 0.6 is 11.3 Å². The summed E-state index contributed by atoms with van der Waals surface area (Å²) in [4.78, 5) is 14.0. The Morgan fingerprint density at radius 1 is 0.909 bits per heavy atom. The molecule has 2 aromatic carbocycles. The minimum absolute atomic E-state index is 0.0335. The van der Waals surface area contributed by atoms with Crippen LogP contribution in [0.1, 0.15) is 45.7 Å². The number of aromatic nitrogens is 3. The molecule has 0 aliphatic heterocycles. The summed E-state index contributed by atoms with van der Waals surface area (Å²) in [7, 11) is 0. The maximum absolute atomic E-state index is 4.73. The zero-order valence-corrected chi connectivity index (χ0v) is 20.7. The van der Waals surface area contributed by atoms with E-state index < -0.39 is 0 Å². The molecular formula is C29H29N3S. The SMILES string of the molecule is CC(C)Cc1ccnc2c(-c3cc(-c4cc(C(C)(C)C)c5ccccc5c4)ncn3)csc12. The monoisotopic (exact) mass is 451 g/mol. The zero-order chi connectivity index (χ0) is 23.2. The van der Waals surface area contributed by atoms with Gasteiger partial charge in [-0.1, -0.05) is 58.9 Å². The fourth-order valence-corrected chi connectivity index (χ4v) is 5.55. The second-order valence-electron chi connectivity index (χ2n) is 10.2. The molecule has 3 nitrogen and oxygen atoms in total. The van der Waals surface area contributed by atoms with Crippen molar-refractivity contribution in [1.82, 2.24) is 15.0 Å². The van der Waals surface area contributed by atoms with Crippen LogP contribution in [-0.2, 0) is 11.8 Å². The molecule has 0 aliphatic rings. The normalized spacial score (nSPS) is 12.2. The van der Waals surface area contributed by atoms with Gasteiger partial charge in [0.2, 0.25) is 0 Å². The first kappa shape index (κ1) is 21.7. The quantitative estimate of drug-likeness (QED) is 0.277. The number of benzene rings is 2. The third-order valence-electron chi connectivity index (χ3n) is 6.07. The molecule has 5 rings (SSSR count). The molecular weight excluding hydrogens is 422 g/mol. The van der Waals surface area contributed by atoms with Gasteiger partial charge in [0.25, 0.3) is 0 Å². The first-order valence-corrected chi connectivity index (χ1v) is 12.4. The summed E-state index contributed by atoms with van der Waals surface area (Å²) < 4.78 is 1.27. The third-order valence-corrected chi connectivity index (χ3v) is 7.12. The van der Waals surface area contributed by atoms with Crippen molar-refractivity contribution in [3.8, 4) is 22.5 Å². The molecule has 5 aromatic rings. The molecule has 0 N–H and O–H groups in total. The van der Waals surface area contributed by atoms with E-state index in [2.05, 4.69) is 98.5 Å². The molecule has 0 spiro atoms. The molecule has 33 heavy (non-hydrogen) atoms. The number of nitrogens with zero attached hydrogens (tertiary/aromatic N) is 3. The van der Waals surface area contributed by atoms with Gasteiger partial charge >= 0.3 is 0 Å². The highest BCUT2D eigenvalue weighted by molar-refractivity contribution is 7.17. The zero-order valence-electron chi connectivity index (χ0n) is 19.9. The third kappa shape index (κ3) is 4.16. The largest absolute Gasteiger partial charge is 0.255 e. The summed E-state index contributed by atoms with van der Waals surface area (Å²) in [6.07, 6.45) is 4.66. The van der Waals surface area contributed by atoms with Crippen LogP contribution < -0.4 is 0 Å². The predicted octanol–water partition coefficient (Wildman–Crippen LogP) is 8.07. The highest BCUT2D eigenvalue weighted by Gasteiger charge is 2.19. The van der Waals surface area contributed by atoms with E-state index in [9.17, 15) is 0 Å². The summed E-state index contributed by atoms with van der Waals surface area (Å²) in [6, 6.07) is 17.4. The van der Waals surface area contributed by atoms with Crippen molar-refractivity contribution in [3.63, 3.8) is 0 Å². The van der Waals surface area contributed by atoms with E-state index in [0.29, 0.717) is 5.92 Å². The number of fused-ring (bicyclic) bond motifs is 2. The maximum Gasteiger partial charge on any atom is 0.116 e. The first-order chi connectivity index (χ1) is 15.8.